The Morgan fingerprint density at radius 1 is 1.00 bits per heavy atom. The van der Waals surface area contributed by atoms with Crippen molar-refractivity contribution in [1.82, 2.24) is 20.2 Å². The van der Waals surface area contributed by atoms with Crippen LogP contribution < -0.4 is 5.73 Å². The number of anilines is 1. The van der Waals surface area contributed by atoms with E-state index in [2.05, 4.69) is 20.2 Å². The highest BCUT2D eigenvalue weighted by Crippen LogP contribution is 2.10. The lowest BCUT2D eigenvalue weighted by Gasteiger charge is -1.98. The molecule has 0 aliphatic rings. The first-order valence-corrected chi connectivity index (χ1v) is 6.44. The van der Waals surface area contributed by atoms with E-state index in [0.717, 1.165) is 35.0 Å². The fourth-order valence-electron chi connectivity index (χ4n) is 1.99. The Bertz CT molecular complexity index is 673. The number of nitrogen functional groups attached to an aromatic ring is 1. The van der Waals surface area contributed by atoms with Crippen LogP contribution in [0.2, 0.25) is 0 Å². The number of nitrogens with one attached hydrogen (secondary N) is 1. The summed E-state index contributed by atoms with van der Waals surface area (Å²) in [5.74, 6) is 1.61. The first-order valence-electron chi connectivity index (χ1n) is 6.44. The summed E-state index contributed by atoms with van der Waals surface area (Å²) >= 11 is 0. The summed E-state index contributed by atoms with van der Waals surface area (Å²) < 4.78 is 0. The molecule has 0 atom stereocenters. The highest BCUT2D eigenvalue weighted by molar-refractivity contribution is 5.39. The van der Waals surface area contributed by atoms with Gasteiger partial charge in [-0.05, 0) is 29.8 Å². The lowest BCUT2D eigenvalue weighted by molar-refractivity contribution is 0.939. The molecular weight excluding hydrogens is 250 g/mol. The van der Waals surface area contributed by atoms with E-state index in [4.69, 9.17) is 5.73 Å². The van der Waals surface area contributed by atoms with Crippen molar-refractivity contribution >= 4 is 5.69 Å². The Morgan fingerprint density at radius 3 is 2.60 bits per heavy atom. The number of pyridine rings is 1. The van der Waals surface area contributed by atoms with Crippen molar-refractivity contribution in [1.29, 1.82) is 0 Å². The summed E-state index contributed by atoms with van der Waals surface area (Å²) in [5, 5.41) is 7.19. The number of benzene rings is 1. The van der Waals surface area contributed by atoms with Crippen LogP contribution in [0.5, 0.6) is 0 Å². The van der Waals surface area contributed by atoms with Gasteiger partial charge >= 0.3 is 0 Å². The number of hydrogen-bond donors (Lipinski definition) is 2. The second kappa shape index (κ2) is 5.52. The minimum Gasteiger partial charge on any atom is -0.399 e. The smallest absolute Gasteiger partial charge is 0.156 e. The van der Waals surface area contributed by atoms with Crippen molar-refractivity contribution in [2.24, 2.45) is 0 Å². The van der Waals surface area contributed by atoms with E-state index in [1.165, 1.54) is 0 Å². The average Bonchev–Trinajstić information content (AvgIpc) is 2.90. The Labute approximate surface area is 116 Å². The fraction of sp³-hybridized carbons (Fsp3) is 0.133. The van der Waals surface area contributed by atoms with E-state index in [9.17, 15) is 0 Å². The van der Waals surface area contributed by atoms with Crippen molar-refractivity contribution in [3.63, 3.8) is 0 Å². The van der Waals surface area contributed by atoms with Crippen LogP contribution in [0.25, 0.3) is 0 Å². The topological polar surface area (TPSA) is 80.5 Å². The number of hydrogen-bond acceptors (Lipinski definition) is 4. The third-order valence-corrected chi connectivity index (χ3v) is 2.99. The number of aromatic nitrogens is 4. The molecule has 0 spiro atoms. The SMILES string of the molecule is Nc1ccc(Cc2nc(Cc3ccccn3)n[nH]2)cc1. The van der Waals surface area contributed by atoms with E-state index in [1.54, 1.807) is 6.20 Å². The molecule has 5 heteroatoms. The standard InChI is InChI=1S/C15H15N5/c16-12-6-4-11(5-7-12)9-14-18-15(20-19-14)10-13-3-1-2-8-17-13/h1-8H,9-10,16H2,(H,18,19,20). The maximum Gasteiger partial charge on any atom is 0.156 e. The second-order valence-corrected chi connectivity index (χ2v) is 4.61. The molecule has 1 aromatic carbocycles. The summed E-state index contributed by atoms with van der Waals surface area (Å²) in [4.78, 5) is 8.75. The lowest BCUT2D eigenvalue weighted by Crippen LogP contribution is -1.94. The highest BCUT2D eigenvalue weighted by Gasteiger charge is 2.05. The van der Waals surface area contributed by atoms with Gasteiger partial charge in [0.05, 0.1) is 6.42 Å². The summed E-state index contributed by atoms with van der Waals surface area (Å²) in [6, 6.07) is 13.6. The van der Waals surface area contributed by atoms with Crippen LogP contribution in [-0.4, -0.2) is 20.2 Å². The molecule has 3 N–H and O–H groups in total. The van der Waals surface area contributed by atoms with Gasteiger partial charge in [0, 0.05) is 24.0 Å². The van der Waals surface area contributed by atoms with E-state index in [-0.39, 0.29) is 0 Å². The minimum atomic E-state index is 0.638. The lowest BCUT2D eigenvalue weighted by atomic mass is 10.1. The summed E-state index contributed by atoms with van der Waals surface area (Å²) in [5.41, 5.74) is 8.55. The molecule has 3 rings (SSSR count). The molecule has 0 bridgehead atoms. The molecule has 0 fully saturated rings. The number of nitrogens with two attached hydrogens (primary N) is 1. The van der Waals surface area contributed by atoms with Crippen molar-refractivity contribution in [2.45, 2.75) is 12.8 Å². The van der Waals surface area contributed by atoms with Crippen LogP contribution in [0.4, 0.5) is 5.69 Å². The number of H-pyrrole nitrogens is 1. The molecule has 0 saturated heterocycles. The predicted molar refractivity (Wildman–Crippen MR) is 77.1 cm³/mol. The van der Waals surface area contributed by atoms with Gasteiger partial charge < -0.3 is 5.73 Å². The maximum absolute atomic E-state index is 5.67. The van der Waals surface area contributed by atoms with E-state index < -0.39 is 0 Å². The molecule has 0 aliphatic carbocycles. The van der Waals surface area contributed by atoms with Gasteiger partial charge in [-0.15, -0.1) is 0 Å². The number of rotatable bonds is 4. The predicted octanol–water partition coefficient (Wildman–Crippen LogP) is 1.96. The first-order chi connectivity index (χ1) is 9.79. The van der Waals surface area contributed by atoms with Crippen LogP contribution in [0, 0.1) is 0 Å². The van der Waals surface area contributed by atoms with Crippen LogP contribution >= 0.6 is 0 Å². The average molecular weight is 265 g/mol. The van der Waals surface area contributed by atoms with Gasteiger partial charge in [-0.3, -0.25) is 10.1 Å². The Kier molecular flexibility index (Phi) is 3.41. The molecule has 0 saturated carbocycles. The normalized spacial score (nSPS) is 10.6. The van der Waals surface area contributed by atoms with Gasteiger partial charge in [0.25, 0.3) is 0 Å². The summed E-state index contributed by atoms with van der Waals surface area (Å²) in [6.07, 6.45) is 3.13. The highest BCUT2D eigenvalue weighted by atomic mass is 15.2. The van der Waals surface area contributed by atoms with Crippen LogP contribution in [0.3, 0.4) is 0 Å². The van der Waals surface area contributed by atoms with E-state index >= 15 is 0 Å². The molecule has 100 valence electrons. The van der Waals surface area contributed by atoms with Gasteiger partial charge in [0.15, 0.2) is 5.82 Å². The summed E-state index contributed by atoms with van der Waals surface area (Å²) in [7, 11) is 0. The van der Waals surface area contributed by atoms with E-state index in [0.29, 0.717) is 6.42 Å². The number of aromatic amines is 1. The van der Waals surface area contributed by atoms with Gasteiger partial charge in [-0.25, -0.2) is 4.98 Å². The molecule has 2 heterocycles. The van der Waals surface area contributed by atoms with Crippen molar-refractivity contribution < 1.29 is 0 Å². The third kappa shape index (κ3) is 3.00. The fourth-order valence-corrected chi connectivity index (χ4v) is 1.99. The summed E-state index contributed by atoms with van der Waals surface area (Å²) in [6.45, 7) is 0. The molecule has 0 aliphatic heterocycles. The van der Waals surface area contributed by atoms with Gasteiger partial charge in [-0.1, -0.05) is 18.2 Å². The molecule has 0 amide bonds. The molecule has 2 aromatic heterocycles. The Morgan fingerprint density at radius 2 is 1.85 bits per heavy atom. The molecule has 0 unspecified atom stereocenters. The number of nitrogens with zero attached hydrogens (tertiary/aromatic N) is 3. The molecule has 5 nitrogen and oxygen atoms in total. The zero-order valence-corrected chi connectivity index (χ0v) is 11.0. The van der Waals surface area contributed by atoms with Crippen molar-refractivity contribution in [3.05, 3.63) is 71.6 Å². The van der Waals surface area contributed by atoms with Crippen LogP contribution in [-0.2, 0) is 12.8 Å². The van der Waals surface area contributed by atoms with Gasteiger partial charge in [0.1, 0.15) is 5.82 Å². The zero-order valence-electron chi connectivity index (χ0n) is 11.0. The van der Waals surface area contributed by atoms with E-state index in [1.807, 2.05) is 42.5 Å². The van der Waals surface area contributed by atoms with Crippen molar-refractivity contribution in [3.8, 4) is 0 Å². The minimum absolute atomic E-state index is 0.638. The third-order valence-electron chi connectivity index (χ3n) is 2.99. The quantitative estimate of drug-likeness (QED) is 0.707. The van der Waals surface area contributed by atoms with Crippen LogP contribution in [0.1, 0.15) is 22.9 Å². The monoisotopic (exact) mass is 265 g/mol. The maximum atomic E-state index is 5.67. The molecule has 0 radical (unpaired) electrons. The zero-order chi connectivity index (χ0) is 13.8. The largest absolute Gasteiger partial charge is 0.399 e. The van der Waals surface area contributed by atoms with Gasteiger partial charge in [0.2, 0.25) is 0 Å². The second-order valence-electron chi connectivity index (χ2n) is 4.61. The van der Waals surface area contributed by atoms with Crippen LogP contribution in [0.15, 0.2) is 48.7 Å². The Hall–Kier alpha value is -2.69. The van der Waals surface area contributed by atoms with Crippen molar-refractivity contribution in [2.75, 3.05) is 5.73 Å². The molecule has 20 heavy (non-hydrogen) atoms. The first kappa shape index (κ1) is 12.3. The Balaban J connectivity index is 1.69. The molecule has 3 aromatic rings. The van der Waals surface area contributed by atoms with Gasteiger partial charge in [-0.2, -0.15) is 5.10 Å². The molecular formula is C15H15N5.